The number of nitrogens with one attached hydrogen (secondary N) is 2. The molecule has 1 aliphatic heterocycles. The van der Waals surface area contributed by atoms with Gasteiger partial charge in [-0.05, 0) is 6.92 Å². The lowest BCUT2D eigenvalue weighted by Gasteiger charge is -2.33. The predicted molar refractivity (Wildman–Crippen MR) is 68.1 cm³/mol. The van der Waals surface area contributed by atoms with Crippen LogP contribution in [0, 0.1) is 10.1 Å². The third kappa shape index (κ3) is 2.80. The lowest BCUT2D eigenvalue weighted by Crippen LogP contribution is -2.52. The van der Waals surface area contributed by atoms with Gasteiger partial charge in [0, 0.05) is 31.7 Å². The number of halogens is 1. The van der Waals surface area contributed by atoms with E-state index in [1.807, 2.05) is 6.92 Å². The van der Waals surface area contributed by atoms with Crippen molar-refractivity contribution in [1.29, 1.82) is 0 Å². The van der Waals surface area contributed by atoms with Crippen molar-refractivity contribution in [3.63, 3.8) is 0 Å². The maximum atomic E-state index is 12.1. The van der Waals surface area contributed by atoms with E-state index in [4.69, 9.17) is 0 Å². The fraction of sp³-hybridized carbons (Fsp3) is 0.500. The molecule has 1 fully saturated rings. The summed E-state index contributed by atoms with van der Waals surface area (Å²) in [5.74, 6) is -0.188. The molecule has 2 rings (SSSR count). The van der Waals surface area contributed by atoms with E-state index in [1.165, 1.54) is 12.3 Å². The second-order valence-corrected chi connectivity index (χ2v) is 4.08. The number of carbonyl (C=O) groups excluding carboxylic acids is 1. The van der Waals surface area contributed by atoms with Gasteiger partial charge in [0.2, 0.25) is 0 Å². The first-order valence-electron chi connectivity index (χ1n) is 5.44. The number of aromatic amines is 1. The van der Waals surface area contributed by atoms with Crippen LogP contribution in [0.5, 0.6) is 0 Å². The Bertz CT molecular complexity index is 448. The number of hydrogen-bond donors (Lipinski definition) is 2. The molecule has 2 heterocycles. The molecule has 1 aromatic rings. The maximum Gasteiger partial charge on any atom is 0.287 e. The van der Waals surface area contributed by atoms with Crippen LogP contribution >= 0.6 is 12.4 Å². The second-order valence-electron chi connectivity index (χ2n) is 4.08. The molecule has 0 bridgehead atoms. The highest BCUT2D eigenvalue weighted by Gasteiger charge is 2.26. The van der Waals surface area contributed by atoms with Crippen LogP contribution in [0.4, 0.5) is 5.69 Å². The van der Waals surface area contributed by atoms with Gasteiger partial charge in [-0.25, -0.2) is 0 Å². The van der Waals surface area contributed by atoms with Crippen LogP contribution in [0.25, 0.3) is 0 Å². The van der Waals surface area contributed by atoms with Crippen LogP contribution in [-0.4, -0.2) is 46.4 Å². The van der Waals surface area contributed by atoms with Crippen molar-refractivity contribution < 1.29 is 9.72 Å². The summed E-state index contributed by atoms with van der Waals surface area (Å²) >= 11 is 0. The lowest BCUT2D eigenvalue weighted by atomic mass is 10.2. The quantitative estimate of drug-likeness (QED) is 0.616. The maximum absolute atomic E-state index is 12.1. The number of hydrogen-bond acceptors (Lipinski definition) is 4. The van der Waals surface area contributed by atoms with Crippen molar-refractivity contribution in [1.82, 2.24) is 15.2 Å². The zero-order chi connectivity index (χ0) is 12.4. The van der Waals surface area contributed by atoms with Crippen LogP contribution in [0.2, 0.25) is 0 Å². The van der Waals surface area contributed by atoms with Crippen molar-refractivity contribution >= 4 is 24.0 Å². The molecule has 7 nitrogen and oxygen atoms in total. The average molecular weight is 275 g/mol. The molecular weight excluding hydrogens is 260 g/mol. The summed E-state index contributed by atoms with van der Waals surface area (Å²) in [6.07, 6.45) is 1.24. The van der Waals surface area contributed by atoms with Crippen molar-refractivity contribution in [3.05, 3.63) is 28.1 Å². The van der Waals surface area contributed by atoms with Crippen molar-refractivity contribution in [3.8, 4) is 0 Å². The summed E-state index contributed by atoms with van der Waals surface area (Å²) in [4.78, 5) is 26.5. The molecule has 2 N–H and O–H groups in total. The Morgan fingerprint density at radius 1 is 1.61 bits per heavy atom. The molecule has 0 radical (unpaired) electrons. The molecule has 1 atom stereocenters. The first-order valence-corrected chi connectivity index (χ1v) is 5.44. The Morgan fingerprint density at radius 3 is 2.89 bits per heavy atom. The Balaban J connectivity index is 0.00000162. The number of nitrogens with zero attached hydrogens (tertiary/aromatic N) is 2. The van der Waals surface area contributed by atoms with Gasteiger partial charge in [-0.15, -0.1) is 12.4 Å². The minimum absolute atomic E-state index is 0. The van der Waals surface area contributed by atoms with Gasteiger partial charge in [-0.3, -0.25) is 14.9 Å². The largest absolute Gasteiger partial charge is 0.351 e. The summed E-state index contributed by atoms with van der Waals surface area (Å²) in [5.41, 5.74) is 0.182. The van der Waals surface area contributed by atoms with Crippen LogP contribution in [0.3, 0.4) is 0 Å². The highest BCUT2D eigenvalue weighted by molar-refractivity contribution is 5.93. The lowest BCUT2D eigenvalue weighted by molar-refractivity contribution is -0.384. The summed E-state index contributed by atoms with van der Waals surface area (Å²) in [7, 11) is 0. The van der Waals surface area contributed by atoms with E-state index in [0.717, 1.165) is 13.1 Å². The topological polar surface area (TPSA) is 91.3 Å². The predicted octanol–water partition coefficient (Wildman–Crippen LogP) is 0.779. The SMILES string of the molecule is C[C@H]1CNCCN1C(=O)c1cc([N+](=O)[O-])c[nH]1.Cl. The normalized spacial score (nSPS) is 19.2. The standard InChI is InChI=1S/C10H14N4O3.ClH/c1-7-5-11-2-3-13(7)10(15)9-4-8(6-12-9)14(16)17;/h4,6-7,11-12H,2-3,5H2,1H3;1H/t7-;/m0./s1. The van der Waals surface area contributed by atoms with E-state index < -0.39 is 4.92 Å². The van der Waals surface area contributed by atoms with E-state index in [0.29, 0.717) is 6.54 Å². The van der Waals surface area contributed by atoms with Gasteiger partial charge in [-0.1, -0.05) is 0 Å². The molecule has 0 aliphatic carbocycles. The number of nitro groups is 1. The van der Waals surface area contributed by atoms with Gasteiger partial charge in [0.25, 0.3) is 11.6 Å². The van der Waals surface area contributed by atoms with E-state index in [2.05, 4.69) is 10.3 Å². The van der Waals surface area contributed by atoms with E-state index >= 15 is 0 Å². The molecule has 0 unspecified atom stereocenters. The molecule has 0 spiro atoms. The minimum atomic E-state index is -0.519. The summed E-state index contributed by atoms with van der Waals surface area (Å²) in [6.45, 7) is 4.06. The van der Waals surface area contributed by atoms with Gasteiger partial charge in [0.15, 0.2) is 0 Å². The Hall–Kier alpha value is -1.60. The zero-order valence-corrected chi connectivity index (χ0v) is 10.7. The van der Waals surface area contributed by atoms with Crippen LogP contribution in [0.15, 0.2) is 12.3 Å². The summed E-state index contributed by atoms with van der Waals surface area (Å²) < 4.78 is 0. The fourth-order valence-corrected chi connectivity index (χ4v) is 1.91. The van der Waals surface area contributed by atoms with Crippen LogP contribution < -0.4 is 5.32 Å². The van der Waals surface area contributed by atoms with Crippen molar-refractivity contribution in [2.75, 3.05) is 19.6 Å². The van der Waals surface area contributed by atoms with Crippen molar-refractivity contribution in [2.24, 2.45) is 0 Å². The first kappa shape index (κ1) is 14.5. The number of H-pyrrole nitrogens is 1. The van der Waals surface area contributed by atoms with Gasteiger partial charge in [-0.2, -0.15) is 0 Å². The van der Waals surface area contributed by atoms with E-state index in [1.54, 1.807) is 4.90 Å². The molecule has 0 saturated carbocycles. The minimum Gasteiger partial charge on any atom is -0.351 e. The Morgan fingerprint density at radius 2 is 2.33 bits per heavy atom. The average Bonchev–Trinajstić information content (AvgIpc) is 2.78. The van der Waals surface area contributed by atoms with E-state index in [-0.39, 0.29) is 35.7 Å². The molecule has 18 heavy (non-hydrogen) atoms. The van der Waals surface area contributed by atoms with Crippen molar-refractivity contribution in [2.45, 2.75) is 13.0 Å². The smallest absolute Gasteiger partial charge is 0.287 e. The number of piperazine rings is 1. The van der Waals surface area contributed by atoms with Crippen LogP contribution in [-0.2, 0) is 0 Å². The number of rotatable bonds is 2. The Kier molecular flexibility index (Phi) is 4.69. The third-order valence-electron chi connectivity index (χ3n) is 2.87. The van der Waals surface area contributed by atoms with Gasteiger partial charge in [0.1, 0.15) is 5.69 Å². The number of amides is 1. The first-order chi connectivity index (χ1) is 8.09. The molecule has 1 saturated heterocycles. The summed E-state index contributed by atoms with van der Waals surface area (Å²) in [5, 5.41) is 13.7. The molecule has 100 valence electrons. The monoisotopic (exact) mass is 274 g/mol. The van der Waals surface area contributed by atoms with Gasteiger partial charge >= 0.3 is 0 Å². The second kappa shape index (κ2) is 5.83. The van der Waals surface area contributed by atoms with Gasteiger partial charge < -0.3 is 15.2 Å². The van der Waals surface area contributed by atoms with E-state index in [9.17, 15) is 14.9 Å². The molecule has 1 amide bonds. The molecular formula is C10H15ClN4O3. The fourth-order valence-electron chi connectivity index (χ4n) is 1.91. The highest BCUT2D eigenvalue weighted by Crippen LogP contribution is 2.15. The highest BCUT2D eigenvalue weighted by atomic mass is 35.5. The summed E-state index contributed by atoms with van der Waals surface area (Å²) in [6, 6.07) is 1.37. The van der Waals surface area contributed by atoms with Gasteiger partial charge in [0.05, 0.1) is 11.1 Å². The van der Waals surface area contributed by atoms with Crippen LogP contribution in [0.1, 0.15) is 17.4 Å². The third-order valence-corrected chi connectivity index (χ3v) is 2.87. The molecule has 1 aliphatic rings. The molecule has 8 heteroatoms. The Labute approximate surface area is 110 Å². The zero-order valence-electron chi connectivity index (χ0n) is 9.88. The number of aromatic nitrogens is 1. The molecule has 1 aromatic heterocycles. The number of carbonyl (C=O) groups is 1. The molecule has 0 aromatic carbocycles.